The van der Waals surface area contributed by atoms with Gasteiger partial charge in [0.25, 0.3) is 0 Å². The van der Waals surface area contributed by atoms with Crippen LogP contribution >= 0.6 is 0 Å². The quantitative estimate of drug-likeness (QED) is 0.800. The van der Waals surface area contributed by atoms with Crippen LogP contribution in [-0.2, 0) is 4.79 Å². The number of aromatic amines is 1. The van der Waals surface area contributed by atoms with Crippen molar-refractivity contribution < 1.29 is 9.53 Å². The normalized spacial score (nSPS) is 11.1. The van der Waals surface area contributed by atoms with Gasteiger partial charge >= 0.3 is 0 Å². The minimum absolute atomic E-state index is 0.0226. The van der Waals surface area contributed by atoms with Gasteiger partial charge in [-0.3, -0.25) is 4.79 Å². The predicted molar refractivity (Wildman–Crippen MR) is 62.4 cm³/mol. The van der Waals surface area contributed by atoms with Gasteiger partial charge in [-0.2, -0.15) is 0 Å². The van der Waals surface area contributed by atoms with E-state index in [-0.39, 0.29) is 5.78 Å². The van der Waals surface area contributed by atoms with E-state index in [9.17, 15) is 4.79 Å². The Morgan fingerprint density at radius 1 is 1.50 bits per heavy atom. The molecule has 0 bridgehead atoms. The summed E-state index contributed by atoms with van der Waals surface area (Å²) in [7, 11) is 1.58. The summed E-state index contributed by atoms with van der Waals surface area (Å²) in [6.45, 7) is 1.52. The Hall–Kier alpha value is -2.10. The second-order valence-electron chi connectivity index (χ2n) is 3.48. The number of H-pyrrole nitrogens is 1. The maximum atomic E-state index is 10.8. The van der Waals surface area contributed by atoms with Gasteiger partial charge in [-0.25, -0.2) is 4.98 Å². The molecule has 0 saturated heterocycles. The smallest absolute Gasteiger partial charge is 0.213 e. The molecule has 0 spiro atoms. The molecular weight excluding hydrogens is 204 g/mol. The van der Waals surface area contributed by atoms with Crippen LogP contribution in [0.25, 0.3) is 17.0 Å². The molecular formula is C12H12N2O2. The zero-order chi connectivity index (χ0) is 11.5. The van der Waals surface area contributed by atoms with Crippen molar-refractivity contribution in [2.45, 2.75) is 6.92 Å². The summed E-state index contributed by atoms with van der Waals surface area (Å²) in [6.07, 6.45) is 4.98. The number of rotatable bonds is 3. The lowest BCUT2D eigenvalue weighted by molar-refractivity contribution is -0.112. The zero-order valence-corrected chi connectivity index (χ0v) is 9.15. The molecule has 0 aromatic carbocycles. The molecule has 0 atom stereocenters. The molecule has 2 aromatic heterocycles. The first-order chi connectivity index (χ1) is 7.69. The number of methoxy groups -OCH3 is 1. The first-order valence-electron chi connectivity index (χ1n) is 4.90. The number of allylic oxidation sites excluding steroid dienone is 1. The van der Waals surface area contributed by atoms with E-state index in [2.05, 4.69) is 9.97 Å². The van der Waals surface area contributed by atoms with Crippen molar-refractivity contribution >= 4 is 22.8 Å². The number of nitrogens with one attached hydrogen (secondary N) is 1. The number of pyridine rings is 1. The highest BCUT2D eigenvalue weighted by molar-refractivity contribution is 5.92. The zero-order valence-electron chi connectivity index (χ0n) is 9.15. The highest BCUT2D eigenvalue weighted by atomic mass is 16.5. The predicted octanol–water partition coefficient (Wildman–Crippen LogP) is 2.17. The molecule has 1 N–H and O–H groups in total. The Morgan fingerprint density at radius 2 is 2.31 bits per heavy atom. The van der Waals surface area contributed by atoms with Gasteiger partial charge in [0.05, 0.1) is 18.8 Å². The molecule has 0 amide bonds. The Kier molecular flexibility index (Phi) is 2.72. The number of ether oxygens (including phenoxy) is 1. The minimum Gasteiger partial charge on any atom is -0.481 e. The molecule has 0 fully saturated rings. The largest absolute Gasteiger partial charge is 0.481 e. The van der Waals surface area contributed by atoms with Gasteiger partial charge in [0.2, 0.25) is 5.88 Å². The number of aromatic nitrogens is 2. The second kappa shape index (κ2) is 4.18. The molecule has 0 radical (unpaired) electrons. The summed E-state index contributed by atoms with van der Waals surface area (Å²) < 4.78 is 5.03. The molecule has 0 unspecified atom stereocenters. The minimum atomic E-state index is 0.0226. The van der Waals surface area contributed by atoms with E-state index in [1.54, 1.807) is 19.4 Å². The highest BCUT2D eigenvalue weighted by Gasteiger charge is 2.01. The molecule has 4 heteroatoms. The summed E-state index contributed by atoms with van der Waals surface area (Å²) in [5.74, 6) is 0.600. The lowest BCUT2D eigenvalue weighted by atomic mass is 10.3. The average molecular weight is 216 g/mol. The molecule has 0 saturated carbocycles. The Balaban J connectivity index is 2.40. The van der Waals surface area contributed by atoms with E-state index in [1.807, 2.05) is 12.1 Å². The Bertz CT molecular complexity index is 555. The van der Waals surface area contributed by atoms with Crippen LogP contribution in [0, 0.1) is 0 Å². The van der Waals surface area contributed by atoms with E-state index in [0.717, 1.165) is 16.6 Å². The molecule has 0 aliphatic carbocycles. The summed E-state index contributed by atoms with van der Waals surface area (Å²) >= 11 is 0. The maximum absolute atomic E-state index is 10.8. The fourth-order valence-electron chi connectivity index (χ4n) is 1.44. The fraction of sp³-hybridized carbons (Fsp3) is 0.167. The van der Waals surface area contributed by atoms with Crippen molar-refractivity contribution in [2.24, 2.45) is 0 Å². The SMILES string of the molecule is COc1cc2cc(/C=C/C(C)=O)[nH]c2cn1. The molecule has 0 aliphatic heterocycles. The van der Waals surface area contributed by atoms with Gasteiger partial charge in [0.1, 0.15) is 0 Å². The van der Waals surface area contributed by atoms with Crippen LogP contribution in [0.15, 0.2) is 24.4 Å². The van der Waals surface area contributed by atoms with Crippen molar-refractivity contribution in [2.75, 3.05) is 7.11 Å². The van der Waals surface area contributed by atoms with E-state index in [0.29, 0.717) is 5.88 Å². The molecule has 2 aromatic rings. The summed E-state index contributed by atoms with van der Waals surface area (Å²) in [5, 5.41) is 1.01. The Morgan fingerprint density at radius 3 is 3.00 bits per heavy atom. The molecule has 2 heterocycles. The number of nitrogens with zero attached hydrogens (tertiary/aromatic N) is 1. The third-order valence-electron chi connectivity index (χ3n) is 2.21. The molecule has 82 valence electrons. The van der Waals surface area contributed by atoms with E-state index in [4.69, 9.17) is 4.74 Å². The van der Waals surface area contributed by atoms with Crippen LogP contribution in [0.1, 0.15) is 12.6 Å². The third kappa shape index (κ3) is 2.11. The second-order valence-corrected chi connectivity index (χ2v) is 3.48. The fourth-order valence-corrected chi connectivity index (χ4v) is 1.44. The van der Waals surface area contributed by atoms with Crippen molar-refractivity contribution in [1.29, 1.82) is 0 Å². The van der Waals surface area contributed by atoms with Crippen LogP contribution in [0.4, 0.5) is 0 Å². The standard InChI is InChI=1S/C12H12N2O2/c1-8(15)3-4-10-5-9-6-12(16-2)13-7-11(9)14-10/h3-7,14H,1-2H3/b4-3+. The van der Waals surface area contributed by atoms with Gasteiger partial charge in [-0.05, 0) is 25.1 Å². The third-order valence-corrected chi connectivity index (χ3v) is 2.21. The van der Waals surface area contributed by atoms with Crippen molar-refractivity contribution in [3.05, 3.63) is 30.1 Å². The van der Waals surface area contributed by atoms with Crippen LogP contribution in [0.2, 0.25) is 0 Å². The lowest BCUT2D eigenvalue weighted by Gasteiger charge is -1.96. The molecule has 2 rings (SSSR count). The number of carbonyl (C=O) groups excluding carboxylic acids is 1. The molecule has 16 heavy (non-hydrogen) atoms. The van der Waals surface area contributed by atoms with E-state index < -0.39 is 0 Å². The van der Waals surface area contributed by atoms with E-state index >= 15 is 0 Å². The van der Waals surface area contributed by atoms with Gasteiger partial charge in [0, 0.05) is 17.1 Å². The van der Waals surface area contributed by atoms with Gasteiger partial charge in [-0.1, -0.05) is 0 Å². The van der Waals surface area contributed by atoms with Gasteiger partial charge in [0.15, 0.2) is 5.78 Å². The topological polar surface area (TPSA) is 55.0 Å². The maximum Gasteiger partial charge on any atom is 0.213 e. The highest BCUT2D eigenvalue weighted by Crippen LogP contribution is 2.19. The first kappa shape index (κ1) is 10.4. The van der Waals surface area contributed by atoms with Crippen molar-refractivity contribution in [3.63, 3.8) is 0 Å². The first-order valence-corrected chi connectivity index (χ1v) is 4.90. The monoisotopic (exact) mass is 216 g/mol. The van der Waals surface area contributed by atoms with Crippen LogP contribution < -0.4 is 4.74 Å². The molecule has 4 nitrogen and oxygen atoms in total. The Labute approximate surface area is 93.0 Å². The lowest BCUT2D eigenvalue weighted by Crippen LogP contribution is -1.85. The summed E-state index contributed by atoms with van der Waals surface area (Å²) in [5.41, 5.74) is 1.80. The number of carbonyl (C=O) groups is 1. The number of hydrogen-bond donors (Lipinski definition) is 1. The molecule has 0 aliphatic rings. The number of hydrogen-bond acceptors (Lipinski definition) is 3. The van der Waals surface area contributed by atoms with E-state index in [1.165, 1.54) is 13.0 Å². The summed E-state index contributed by atoms with van der Waals surface area (Å²) in [4.78, 5) is 18.0. The number of ketones is 1. The summed E-state index contributed by atoms with van der Waals surface area (Å²) in [6, 6.07) is 3.79. The van der Waals surface area contributed by atoms with Crippen LogP contribution in [-0.4, -0.2) is 22.9 Å². The number of fused-ring (bicyclic) bond motifs is 1. The van der Waals surface area contributed by atoms with Crippen molar-refractivity contribution in [3.8, 4) is 5.88 Å². The van der Waals surface area contributed by atoms with Crippen LogP contribution in [0.3, 0.4) is 0 Å². The van der Waals surface area contributed by atoms with Crippen LogP contribution in [0.5, 0.6) is 5.88 Å². The van der Waals surface area contributed by atoms with Gasteiger partial charge < -0.3 is 9.72 Å². The average Bonchev–Trinajstić information content (AvgIpc) is 2.67. The van der Waals surface area contributed by atoms with Gasteiger partial charge in [-0.15, -0.1) is 0 Å². The van der Waals surface area contributed by atoms with Crippen molar-refractivity contribution in [1.82, 2.24) is 9.97 Å².